The van der Waals surface area contributed by atoms with E-state index in [4.69, 9.17) is 4.74 Å². The molecule has 1 unspecified atom stereocenters. The fourth-order valence-electron chi connectivity index (χ4n) is 4.07. The molecule has 0 aromatic heterocycles. The normalized spacial score (nSPS) is 40.2. The second-order valence-corrected chi connectivity index (χ2v) is 6.54. The van der Waals surface area contributed by atoms with Crippen molar-refractivity contribution in [2.45, 2.75) is 76.0 Å². The van der Waals surface area contributed by atoms with Gasteiger partial charge in [-0.25, -0.2) is 0 Å². The highest BCUT2D eigenvalue weighted by molar-refractivity contribution is 5.03. The maximum absolute atomic E-state index is 10.2. The largest absolute Gasteiger partial charge is 0.392 e. The lowest BCUT2D eigenvalue weighted by Gasteiger charge is -2.53. The standard InChI is InChI=1S/C15H27NO2/c17-13-5-3-1-2-4-12(13)16-14-6-7-15(14)8-10-18-11-9-15/h12-14,16-17H,1-11H2/t12-,13-,14?/m1/s1. The van der Waals surface area contributed by atoms with E-state index in [-0.39, 0.29) is 6.10 Å². The van der Waals surface area contributed by atoms with Crippen LogP contribution in [0.5, 0.6) is 0 Å². The summed E-state index contributed by atoms with van der Waals surface area (Å²) in [6.45, 7) is 1.87. The van der Waals surface area contributed by atoms with Crippen LogP contribution in [-0.2, 0) is 4.74 Å². The van der Waals surface area contributed by atoms with Crippen LogP contribution in [0, 0.1) is 5.41 Å². The van der Waals surface area contributed by atoms with Gasteiger partial charge in [0.05, 0.1) is 6.10 Å². The number of nitrogens with one attached hydrogen (secondary N) is 1. The number of aliphatic hydroxyl groups excluding tert-OH is 1. The lowest BCUT2D eigenvalue weighted by atomic mass is 9.60. The molecule has 2 saturated carbocycles. The third kappa shape index (κ3) is 2.45. The van der Waals surface area contributed by atoms with Crippen LogP contribution < -0.4 is 5.32 Å². The Labute approximate surface area is 110 Å². The summed E-state index contributed by atoms with van der Waals surface area (Å²) in [5.41, 5.74) is 0.504. The van der Waals surface area contributed by atoms with Crippen molar-refractivity contribution in [3.63, 3.8) is 0 Å². The molecule has 3 nitrogen and oxygen atoms in total. The van der Waals surface area contributed by atoms with Crippen LogP contribution in [0.4, 0.5) is 0 Å². The predicted molar refractivity (Wildman–Crippen MR) is 71.5 cm³/mol. The molecule has 0 amide bonds. The molecule has 3 fully saturated rings. The van der Waals surface area contributed by atoms with Crippen LogP contribution in [0.15, 0.2) is 0 Å². The molecule has 0 aromatic rings. The Bertz CT molecular complexity index is 276. The van der Waals surface area contributed by atoms with Crippen LogP contribution in [0.25, 0.3) is 0 Å². The second kappa shape index (κ2) is 5.48. The van der Waals surface area contributed by atoms with Crippen LogP contribution >= 0.6 is 0 Å². The average molecular weight is 253 g/mol. The first kappa shape index (κ1) is 12.9. The van der Waals surface area contributed by atoms with Crippen molar-refractivity contribution in [2.24, 2.45) is 5.41 Å². The van der Waals surface area contributed by atoms with Gasteiger partial charge in [-0.3, -0.25) is 0 Å². The highest BCUT2D eigenvalue weighted by Crippen LogP contribution is 2.49. The van der Waals surface area contributed by atoms with E-state index in [1.807, 2.05) is 0 Å². The first-order chi connectivity index (χ1) is 8.80. The van der Waals surface area contributed by atoms with E-state index in [0.717, 1.165) is 26.1 Å². The molecule has 0 bridgehead atoms. The van der Waals surface area contributed by atoms with E-state index < -0.39 is 0 Å². The van der Waals surface area contributed by atoms with Crippen molar-refractivity contribution in [2.75, 3.05) is 13.2 Å². The number of rotatable bonds is 2. The maximum Gasteiger partial charge on any atom is 0.0693 e. The molecule has 3 aliphatic rings. The van der Waals surface area contributed by atoms with Gasteiger partial charge >= 0.3 is 0 Å². The topological polar surface area (TPSA) is 41.5 Å². The first-order valence-electron chi connectivity index (χ1n) is 7.82. The van der Waals surface area contributed by atoms with Gasteiger partial charge < -0.3 is 15.2 Å². The zero-order valence-corrected chi connectivity index (χ0v) is 11.4. The van der Waals surface area contributed by atoms with Crippen LogP contribution in [0.1, 0.15) is 57.8 Å². The van der Waals surface area contributed by atoms with Gasteiger partial charge in [-0.2, -0.15) is 0 Å². The molecule has 1 aliphatic heterocycles. The molecule has 18 heavy (non-hydrogen) atoms. The predicted octanol–water partition coefficient (Wildman–Crippen LogP) is 2.23. The Balaban J connectivity index is 1.58. The minimum Gasteiger partial charge on any atom is -0.392 e. The molecule has 2 N–H and O–H groups in total. The zero-order chi connectivity index (χ0) is 12.4. The summed E-state index contributed by atoms with van der Waals surface area (Å²) in [4.78, 5) is 0. The molecule has 2 aliphatic carbocycles. The summed E-state index contributed by atoms with van der Waals surface area (Å²) in [6, 6.07) is 0.983. The van der Waals surface area contributed by atoms with E-state index in [1.165, 1.54) is 44.9 Å². The van der Waals surface area contributed by atoms with Gasteiger partial charge in [0.15, 0.2) is 0 Å². The van der Waals surface area contributed by atoms with E-state index in [2.05, 4.69) is 5.32 Å². The van der Waals surface area contributed by atoms with Gasteiger partial charge in [0, 0.05) is 25.3 Å². The van der Waals surface area contributed by atoms with Gasteiger partial charge in [-0.15, -0.1) is 0 Å². The average Bonchev–Trinajstić information content (AvgIpc) is 2.61. The summed E-state index contributed by atoms with van der Waals surface area (Å²) in [7, 11) is 0. The van der Waals surface area contributed by atoms with Gasteiger partial charge in [-0.1, -0.05) is 19.3 Å². The summed E-state index contributed by atoms with van der Waals surface area (Å²) < 4.78 is 5.50. The van der Waals surface area contributed by atoms with Crippen molar-refractivity contribution in [1.29, 1.82) is 0 Å². The Hall–Kier alpha value is -0.120. The van der Waals surface area contributed by atoms with E-state index in [0.29, 0.717) is 17.5 Å². The Morgan fingerprint density at radius 3 is 2.44 bits per heavy atom. The molecule has 0 aromatic carbocycles. The number of hydrogen-bond acceptors (Lipinski definition) is 3. The number of aliphatic hydroxyl groups is 1. The quantitative estimate of drug-likeness (QED) is 0.742. The number of hydrogen-bond donors (Lipinski definition) is 2. The molecule has 3 atom stereocenters. The fraction of sp³-hybridized carbons (Fsp3) is 1.00. The summed E-state index contributed by atoms with van der Waals surface area (Å²) in [6.07, 6.45) is 10.9. The molecule has 0 radical (unpaired) electrons. The molecule has 1 heterocycles. The molecule has 1 saturated heterocycles. The Morgan fingerprint density at radius 1 is 0.944 bits per heavy atom. The van der Waals surface area contributed by atoms with E-state index in [1.54, 1.807) is 0 Å². The van der Waals surface area contributed by atoms with Gasteiger partial charge in [0.2, 0.25) is 0 Å². The Morgan fingerprint density at radius 2 is 1.72 bits per heavy atom. The van der Waals surface area contributed by atoms with Gasteiger partial charge in [-0.05, 0) is 43.9 Å². The summed E-state index contributed by atoms with van der Waals surface area (Å²) >= 11 is 0. The smallest absolute Gasteiger partial charge is 0.0693 e. The van der Waals surface area contributed by atoms with Gasteiger partial charge in [0.25, 0.3) is 0 Å². The second-order valence-electron chi connectivity index (χ2n) is 6.54. The third-order valence-corrected chi connectivity index (χ3v) is 5.55. The van der Waals surface area contributed by atoms with Crippen LogP contribution in [0.2, 0.25) is 0 Å². The van der Waals surface area contributed by atoms with Crippen molar-refractivity contribution >= 4 is 0 Å². The Kier molecular flexibility index (Phi) is 3.92. The maximum atomic E-state index is 10.2. The monoisotopic (exact) mass is 253 g/mol. The molecule has 104 valence electrons. The number of ether oxygens (including phenoxy) is 1. The SMILES string of the molecule is O[C@@H]1CCCCC[C@H]1NC1CCC12CCOCC2. The van der Waals surface area contributed by atoms with Crippen molar-refractivity contribution in [3.8, 4) is 0 Å². The van der Waals surface area contributed by atoms with Crippen molar-refractivity contribution in [3.05, 3.63) is 0 Å². The third-order valence-electron chi connectivity index (χ3n) is 5.55. The minimum atomic E-state index is -0.120. The molecule has 1 spiro atoms. The highest BCUT2D eigenvalue weighted by atomic mass is 16.5. The van der Waals surface area contributed by atoms with Crippen molar-refractivity contribution < 1.29 is 9.84 Å². The summed E-state index contributed by atoms with van der Waals surface area (Å²) in [5.74, 6) is 0. The van der Waals surface area contributed by atoms with E-state index >= 15 is 0 Å². The van der Waals surface area contributed by atoms with Crippen LogP contribution in [-0.4, -0.2) is 36.5 Å². The van der Waals surface area contributed by atoms with Crippen LogP contribution in [0.3, 0.4) is 0 Å². The molecular weight excluding hydrogens is 226 g/mol. The van der Waals surface area contributed by atoms with E-state index in [9.17, 15) is 5.11 Å². The van der Waals surface area contributed by atoms with Gasteiger partial charge in [0.1, 0.15) is 0 Å². The molecule has 3 rings (SSSR count). The lowest BCUT2D eigenvalue weighted by Crippen LogP contribution is -2.59. The summed E-state index contributed by atoms with van der Waals surface area (Å²) in [5, 5.41) is 14.0. The minimum absolute atomic E-state index is 0.120. The molecular formula is C15H27NO2. The lowest BCUT2D eigenvalue weighted by molar-refractivity contribution is -0.0627. The fourth-order valence-corrected chi connectivity index (χ4v) is 4.07. The first-order valence-corrected chi connectivity index (χ1v) is 7.82. The zero-order valence-electron chi connectivity index (χ0n) is 11.4. The molecule has 3 heteroatoms. The van der Waals surface area contributed by atoms with Crippen molar-refractivity contribution in [1.82, 2.24) is 5.32 Å². The highest BCUT2D eigenvalue weighted by Gasteiger charge is 2.48.